The molecule has 2 N–H and O–H groups in total. The van der Waals surface area contributed by atoms with Gasteiger partial charge < -0.3 is 10.2 Å². The zero-order chi connectivity index (χ0) is 19.6. The predicted octanol–water partition coefficient (Wildman–Crippen LogP) is -0.0928. The zero-order valence-corrected chi connectivity index (χ0v) is 16.7. The number of nitrogens with one attached hydrogen (secondary N) is 2. The average Bonchev–Trinajstić information content (AvgIpc) is 2.90. The number of piperazine rings is 1. The van der Waals surface area contributed by atoms with Gasteiger partial charge in [-0.15, -0.1) is 0 Å². The van der Waals surface area contributed by atoms with Gasteiger partial charge in [0.1, 0.15) is 6.04 Å². The molecule has 0 aromatic heterocycles. The molecule has 2 fully saturated rings. The summed E-state index contributed by atoms with van der Waals surface area (Å²) in [6, 6.07) is 5.41. The fraction of sp³-hybridized carbons (Fsp3) is 0.529. The van der Waals surface area contributed by atoms with Crippen LogP contribution in [0.4, 0.5) is 4.79 Å². The van der Waals surface area contributed by atoms with Crippen LogP contribution in [0.2, 0.25) is 5.02 Å². The van der Waals surface area contributed by atoms with Crippen LogP contribution in [-0.4, -0.2) is 68.5 Å². The number of quaternary nitrogens is 1. The lowest BCUT2D eigenvalue weighted by Gasteiger charge is -2.32. The zero-order valence-electron chi connectivity index (χ0n) is 15.2. The van der Waals surface area contributed by atoms with Crippen molar-refractivity contribution in [1.29, 1.82) is 0 Å². The Balaban J connectivity index is 1.59. The van der Waals surface area contributed by atoms with Crippen LogP contribution in [0.3, 0.4) is 0 Å². The summed E-state index contributed by atoms with van der Waals surface area (Å²) in [6.45, 7) is 3.92. The highest BCUT2D eigenvalue weighted by Crippen LogP contribution is 2.19. The molecule has 2 aliphatic rings. The topological polar surface area (TPSA) is 91.2 Å². The summed E-state index contributed by atoms with van der Waals surface area (Å²) in [5.74, 6) is -0.191. The third kappa shape index (κ3) is 4.26. The smallest absolute Gasteiger partial charge is 0.326 e. The molecule has 1 atom stereocenters. The van der Waals surface area contributed by atoms with Crippen LogP contribution >= 0.6 is 11.6 Å². The molecular formula is C17H24ClN4O4S+. The third-order valence-corrected chi connectivity index (χ3v) is 7.06. The molecule has 27 heavy (non-hydrogen) atoms. The van der Waals surface area contributed by atoms with Crippen molar-refractivity contribution in [1.82, 2.24) is 14.5 Å². The molecule has 0 unspecified atom stereocenters. The molecule has 0 aliphatic carbocycles. The van der Waals surface area contributed by atoms with E-state index in [4.69, 9.17) is 11.6 Å². The van der Waals surface area contributed by atoms with Crippen LogP contribution in [0, 0.1) is 0 Å². The number of nitrogens with zero attached hydrogens (tertiary/aromatic N) is 2. The molecule has 0 saturated carbocycles. The maximum atomic E-state index is 12.7. The first-order chi connectivity index (χ1) is 12.8. The normalized spacial score (nSPS) is 22.3. The monoisotopic (exact) mass is 415 g/mol. The number of hydrogen-bond acceptors (Lipinski definition) is 4. The molecule has 1 aromatic rings. The third-order valence-electron chi connectivity index (χ3n) is 4.93. The predicted molar refractivity (Wildman–Crippen MR) is 99.8 cm³/mol. The number of hydrogen-bond donors (Lipinski definition) is 2. The lowest BCUT2D eigenvalue weighted by molar-refractivity contribution is -0.910. The Morgan fingerprint density at radius 1 is 1.26 bits per heavy atom. The summed E-state index contributed by atoms with van der Waals surface area (Å²) in [4.78, 5) is 26.8. The van der Waals surface area contributed by atoms with Crippen molar-refractivity contribution in [2.75, 3.05) is 32.8 Å². The molecule has 0 spiro atoms. The Hall–Kier alpha value is -1.68. The molecule has 3 rings (SSSR count). The van der Waals surface area contributed by atoms with Gasteiger partial charge in [-0.25, -0.2) is 18.1 Å². The van der Waals surface area contributed by atoms with Crippen molar-refractivity contribution < 1.29 is 22.9 Å². The number of halogens is 1. The lowest BCUT2D eigenvalue weighted by Crippen LogP contribution is -3.16. The van der Waals surface area contributed by atoms with E-state index in [2.05, 4.69) is 5.32 Å². The Morgan fingerprint density at radius 3 is 2.59 bits per heavy atom. The van der Waals surface area contributed by atoms with E-state index in [-0.39, 0.29) is 23.5 Å². The molecule has 2 saturated heterocycles. The molecule has 0 radical (unpaired) electrons. The van der Waals surface area contributed by atoms with Crippen molar-refractivity contribution in [3.8, 4) is 0 Å². The molecular weight excluding hydrogens is 392 g/mol. The van der Waals surface area contributed by atoms with Gasteiger partial charge in [-0.2, -0.15) is 4.31 Å². The van der Waals surface area contributed by atoms with Gasteiger partial charge in [0.2, 0.25) is 10.0 Å². The van der Waals surface area contributed by atoms with Gasteiger partial charge in [0.25, 0.3) is 5.91 Å². The van der Waals surface area contributed by atoms with Gasteiger partial charge >= 0.3 is 6.03 Å². The van der Waals surface area contributed by atoms with Crippen molar-refractivity contribution in [3.05, 3.63) is 29.3 Å². The maximum Gasteiger partial charge on any atom is 0.329 e. The Bertz CT molecular complexity index is 824. The van der Waals surface area contributed by atoms with E-state index in [0.29, 0.717) is 37.6 Å². The van der Waals surface area contributed by atoms with Gasteiger partial charge in [0.15, 0.2) is 6.67 Å². The van der Waals surface area contributed by atoms with E-state index in [1.54, 1.807) is 12.1 Å². The first-order valence-corrected chi connectivity index (χ1v) is 10.9. The Labute approximate surface area is 164 Å². The number of amides is 3. The van der Waals surface area contributed by atoms with Crippen LogP contribution < -0.4 is 10.2 Å². The minimum atomic E-state index is -3.60. The van der Waals surface area contributed by atoms with E-state index in [9.17, 15) is 18.0 Å². The first-order valence-electron chi connectivity index (χ1n) is 9.04. The Kier molecular flexibility index (Phi) is 6.05. The second kappa shape index (κ2) is 8.14. The van der Waals surface area contributed by atoms with Gasteiger partial charge in [-0.1, -0.05) is 31.0 Å². The van der Waals surface area contributed by atoms with Crippen LogP contribution in [0.25, 0.3) is 0 Å². The van der Waals surface area contributed by atoms with Crippen LogP contribution in [0.5, 0.6) is 0 Å². The molecule has 0 bridgehead atoms. The summed E-state index contributed by atoms with van der Waals surface area (Å²) in [7, 11) is -3.60. The van der Waals surface area contributed by atoms with Crippen LogP contribution in [0.15, 0.2) is 29.2 Å². The van der Waals surface area contributed by atoms with E-state index < -0.39 is 16.1 Å². The highest BCUT2D eigenvalue weighted by atomic mass is 35.5. The summed E-state index contributed by atoms with van der Waals surface area (Å²) < 4.78 is 26.9. The highest BCUT2D eigenvalue weighted by molar-refractivity contribution is 7.89. The minimum Gasteiger partial charge on any atom is -0.326 e. The first kappa shape index (κ1) is 20.1. The van der Waals surface area contributed by atoms with E-state index in [1.807, 2.05) is 6.92 Å². The van der Waals surface area contributed by atoms with Crippen LogP contribution in [0.1, 0.15) is 19.8 Å². The summed E-state index contributed by atoms with van der Waals surface area (Å²) in [6.07, 6.45) is 1.44. The maximum absolute atomic E-state index is 12.7. The largest absolute Gasteiger partial charge is 0.329 e. The summed E-state index contributed by atoms with van der Waals surface area (Å²) in [5, 5.41) is 3.08. The number of urea groups is 1. The molecule has 3 amide bonds. The lowest BCUT2D eigenvalue weighted by atomic mass is 10.2. The van der Waals surface area contributed by atoms with E-state index in [1.165, 1.54) is 21.3 Å². The van der Waals surface area contributed by atoms with Gasteiger partial charge in [-0.05, 0) is 24.6 Å². The fourth-order valence-electron chi connectivity index (χ4n) is 3.41. The van der Waals surface area contributed by atoms with Crippen molar-refractivity contribution in [3.63, 3.8) is 0 Å². The van der Waals surface area contributed by atoms with Gasteiger partial charge in [0.05, 0.1) is 31.1 Å². The molecule has 2 heterocycles. The van der Waals surface area contributed by atoms with Crippen molar-refractivity contribution >= 4 is 33.6 Å². The molecule has 1 aromatic carbocycles. The SMILES string of the molecule is CCC[C@H]1NC(=O)N(C[NH+]2CCN(S(=O)(=O)c3cccc(Cl)c3)CC2)C1=O. The van der Waals surface area contributed by atoms with Crippen molar-refractivity contribution in [2.24, 2.45) is 0 Å². The second-order valence-electron chi connectivity index (χ2n) is 6.83. The number of benzene rings is 1. The minimum absolute atomic E-state index is 0.176. The molecule has 2 aliphatic heterocycles. The Morgan fingerprint density at radius 2 is 1.96 bits per heavy atom. The molecule has 8 nitrogen and oxygen atoms in total. The number of imide groups is 1. The number of sulfonamides is 1. The second-order valence-corrected chi connectivity index (χ2v) is 9.20. The van der Waals surface area contributed by atoms with Crippen LogP contribution in [-0.2, 0) is 14.8 Å². The average molecular weight is 416 g/mol. The quantitative estimate of drug-likeness (QED) is 0.635. The standard InChI is InChI=1S/C17H23ClN4O4S/c1-2-4-15-16(23)22(17(24)19-15)12-20-7-9-21(10-8-20)27(25,26)14-6-3-5-13(18)11-14/h3,5-6,11,15H,2,4,7-10,12H2,1H3,(H,19,24)/p+1/t15-/m1/s1. The van der Waals surface area contributed by atoms with Gasteiger partial charge in [-0.3, -0.25) is 4.79 Å². The molecule has 148 valence electrons. The summed E-state index contributed by atoms with van der Waals surface area (Å²) in [5.41, 5.74) is 0. The van der Waals surface area contributed by atoms with Crippen molar-refractivity contribution in [2.45, 2.75) is 30.7 Å². The number of rotatable bonds is 6. The number of carbonyl (C=O) groups excluding carboxylic acids is 2. The van der Waals surface area contributed by atoms with Gasteiger partial charge in [0, 0.05) is 5.02 Å². The fourth-order valence-corrected chi connectivity index (χ4v) is 5.15. The summed E-state index contributed by atoms with van der Waals surface area (Å²) >= 11 is 5.91. The molecule has 10 heteroatoms. The number of carbonyl (C=O) groups is 2. The van der Waals surface area contributed by atoms with E-state index in [0.717, 1.165) is 11.3 Å². The highest BCUT2D eigenvalue weighted by Gasteiger charge is 2.40. The van der Waals surface area contributed by atoms with E-state index >= 15 is 0 Å².